The largest absolute Gasteiger partial charge is 0.352 e. The molecule has 0 aliphatic heterocycles. The summed E-state index contributed by atoms with van der Waals surface area (Å²) in [5, 5.41) is 12.6. The van der Waals surface area contributed by atoms with E-state index in [4.69, 9.17) is 0 Å². The van der Waals surface area contributed by atoms with Crippen molar-refractivity contribution >= 4 is 44.0 Å². The van der Waals surface area contributed by atoms with Crippen LogP contribution in [0, 0.1) is 0 Å². The molecule has 0 radical (unpaired) electrons. The van der Waals surface area contributed by atoms with Gasteiger partial charge in [-0.3, -0.25) is 14.3 Å². The number of nitrogens with one attached hydrogen (secondary N) is 3. The molecule has 2 rings (SSSR count). The summed E-state index contributed by atoms with van der Waals surface area (Å²) in [4.78, 5) is 23.7. The van der Waals surface area contributed by atoms with Crippen LogP contribution in [0.15, 0.2) is 28.6 Å². The van der Waals surface area contributed by atoms with Crippen LogP contribution in [0.25, 0.3) is 0 Å². The van der Waals surface area contributed by atoms with Gasteiger partial charge in [0.05, 0.1) is 11.3 Å². The monoisotopic (exact) mass is 411 g/mol. The van der Waals surface area contributed by atoms with Crippen molar-refractivity contribution < 1.29 is 18.0 Å². The standard InChI is InChI=1S/C16H21N5O4S2/c1-3-5-10-17-14(23)11-8-6-7-9-12(11)21-27(24,25)16-20-19-15(26-16)18-13(22)4-2/h6-9,21H,3-5,10H2,1-2H3,(H,17,23)(H,18,19,22). The molecule has 11 heteroatoms. The first-order chi connectivity index (χ1) is 12.9. The summed E-state index contributed by atoms with van der Waals surface area (Å²) in [6, 6.07) is 6.29. The van der Waals surface area contributed by atoms with Crippen LogP contribution in [0.5, 0.6) is 0 Å². The minimum absolute atomic E-state index is 0.0906. The van der Waals surface area contributed by atoms with E-state index < -0.39 is 10.0 Å². The number of carbonyl (C=O) groups excluding carboxylic acids is 2. The van der Waals surface area contributed by atoms with Gasteiger partial charge in [0.1, 0.15) is 0 Å². The van der Waals surface area contributed by atoms with Crippen molar-refractivity contribution in [1.29, 1.82) is 0 Å². The molecule has 0 bridgehead atoms. The molecule has 146 valence electrons. The number of nitrogens with zero attached hydrogens (tertiary/aromatic N) is 2. The number of rotatable bonds is 9. The van der Waals surface area contributed by atoms with Crippen molar-refractivity contribution in [1.82, 2.24) is 15.5 Å². The Balaban J connectivity index is 2.18. The van der Waals surface area contributed by atoms with Crippen LogP contribution in [-0.2, 0) is 14.8 Å². The summed E-state index contributed by atoms with van der Waals surface area (Å²) >= 11 is 0.729. The molecule has 3 N–H and O–H groups in total. The number of benzene rings is 1. The number of unbranched alkanes of at least 4 members (excludes halogenated alkanes) is 1. The third kappa shape index (κ3) is 5.73. The Morgan fingerprint density at radius 3 is 2.59 bits per heavy atom. The first-order valence-corrected chi connectivity index (χ1v) is 10.7. The zero-order chi connectivity index (χ0) is 19.9. The molecule has 0 atom stereocenters. The lowest BCUT2D eigenvalue weighted by Crippen LogP contribution is -2.26. The minimum atomic E-state index is -4.05. The smallest absolute Gasteiger partial charge is 0.291 e. The van der Waals surface area contributed by atoms with Crippen molar-refractivity contribution in [3.05, 3.63) is 29.8 Å². The Morgan fingerprint density at radius 2 is 1.89 bits per heavy atom. The fourth-order valence-electron chi connectivity index (χ4n) is 2.01. The Kier molecular flexibility index (Phi) is 7.25. The summed E-state index contributed by atoms with van der Waals surface area (Å²) in [5.41, 5.74) is 0.349. The van der Waals surface area contributed by atoms with E-state index in [-0.39, 0.29) is 39.0 Å². The summed E-state index contributed by atoms with van der Waals surface area (Å²) in [5.74, 6) is -0.660. The highest BCUT2D eigenvalue weighted by molar-refractivity contribution is 7.94. The second-order valence-electron chi connectivity index (χ2n) is 5.54. The van der Waals surface area contributed by atoms with Crippen LogP contribution in [-0.4, -0.2) is 37.0 Å². The molecular formula is C16H21N5O4S2. The quantitative estimate of drug-likeness (QED) is 0.428. The maximum absolute atomic E-state index is 12.6. The fraction of sp³-hybridized carbons (Fsp3) is 0.375. The number of sulfonamides is 1. The maximum Gasteiger partial charge on any atom is 0.291 e. The predicted molar refractivity (Wildman–Crippen MR) is 103 cm³/mol. The summed E-state index contributed by atoms with van der Waals surface area (Å²) < 4.78 is 27.2. The van der Waals surface area contributed by atoms with Crippen LogP contribution >= 0.6 is 11.3 Å². The maximum atomic E-state index is 12.6. The Hall–Kier alpha value is -2.53. The van der Waals surface area contributed by atoms with Gasteiger partial charge in [0.2, 0.25) is 11.0 Å². The lowest BCUT2D eigenvalue weighted by Gasteiger charge is -2.11. The highest BCUT2D eigenvalue weighted by Gasteiger charge is 2.23. The predicted octanol–water partition coefficient (Wildman–Crippen LogP) is 2.22. The fourth-order valence-corrected chi connectivity index (χ4v) is 4.01. The highest BCUT2D eigenvalue weighted by atomic mass is 32.2. The normalized spacial score (nSPS) is 11.0. The third-order valence-corrected chi connectivity index (χ3v) is 6.01. The van der Waals surface area contributed by atoms with Crippen molar-refractivity contribution in [2.75, 3.05) is 16.6 Å². The van der Waals surface area contributed by atoms with E-state index in [0.29, 0.717) is 6.54 Å². The third-order valence-electron chi connectivity index (χ3n) is 3.44. The number of hydrogen-bond donors (Lipinski definition) is 3. The average molecular weight is 412 g/mol. The first kappa shape index (κ1) is 20.8. The topological polar surface area (TPSA) is 130 Å². The molecule has 0 fully saturated rings. The molecule has 0 unspecified atom stereocenters. The number of carbonyl (C=O) groups is 2. The first-order valence-electron chi connectivity index (χ1n) is 8.40. The zero-order valence-corrected chi connectivity index (χ0v) is 16.6. The van der Waals surface area contributed by atoms with Crippen LogP contribution in [0.3, 0.4) is 0 Å². The minimum Gasteiger partial charge on any atom is -0.352 e. The van der Waals surface area contributed by atoms with Gasteiger partial charge in [0.25, 0.3) is 20.3 Å². The molecule has 2 amide bonds. The molecule has 9 nitrogen and oxygen atoms in total. The summed E-state index contributed by atoms with van der Waals surface area (Å²) in [7, 11) is -4.05. The van der Waals surface area contributed by atoms with Crippen molar-refractivity contribution in [3.8, 4) is 0 Å². The average Bonchev–Trinajstić information content (AvgIpc) is 3.11. The van der Waals surface area contributed by atoms with Gasteiger partial charge < -0.3 is 10.6 Å². The molecule has 0 saturated carbocycles. The van der Waals surface area contributed by atoms with Crippen LogP contribution in [0.4, 0.5) is 10.8 Å². The highest BCUT2D eigenvalue weighted by Crippen LogP contribution is 2.24. The van der Waals surface area contributed by atoms with Gasteiger partial charge in [-0.05, 0) is 18.6 Å². The SMILES string of the molecule is CCCCNC(=O)c1ccccc1NS(=O)(=O)c1nnc(NC(=O)CC)s1. The van der Waals surface area contributed by atoms with E-state index in [0.717, 1.165) is 24.2 Å². The van der Waals surface area contributed by atoms with E-state index in [1.54, 1.807) is 19.1 Å². The van der Waals surface area contributed by atoms with Gasteiger partial charge in [0.15, 0.2) is 0 Å². The Bertz CT molecular complexity index is 911. The number of anilines is 2. The summed E-state index contributed by atoms with van der Waals surface area (Å²) in [6.07, 6.45) is 2.00. The molecule has 2 aromatic rings. The van der Waals surface area contributed by atoms with Gasteiger partial charge in [0, 0.05) is 13.0 Å². The number of hydrogen-bond acceptors (Lipinski definition) is 7. The molecule has 1 heterocycles. The van der Waals surface area contributed by atoms with Gasteiger partial charge in [-0.2, -0.15) is 8.42 Å². The number of para-hydroxylation sites is 1. The summed E-state index contributed by atoms with van der Waals surface area (Å²) in [6.45, 7) is 4.18. The van der Waals surface area contributed by atoms with Crippen LogP contribution in [0.2, 0.25) is 0 Å². The Morgan fingerprint density at radius 1 is 1.15 bits per heavy atom. The molecule has 0 saturated heterocycles. The second kappa shape index (κ2) is 9.42. The number of amides is 2. The Labute approximate surface area is 161 Å². The number of aromatic nitrogens is 2. The van der Waals surface area contributed by atoms with Gasteiger partial charge in [-0.1, -0.05) is 43.7 Å². The van der Waals surface area contributed by atoms with Gasteiger partial charge in [-0.25, -0.2) is 0 Å². The lowest BCUT2D eigenvalue weighted by atomic mass is 10.1. The molecule has 27 heavy (non-hydrogen) atoms. The van der Waals surface area contributed by atoms with Crippen molar-refractivity contribution in [2.45, 2.75) is 37.4 Å². The van der Waals surface area contributed by atoms with E-state index in [9.17, 15) is 18.0 Å². The molecule has 0 spiro atoms. The van der Waals surface area contributed by atoms with Gasteiger partial charge in [-0.15, -0.1) is 10.2 Å². The van der Waals surface area contributed by atoms with Gasteiger partial charge >= 0.3 is 0 Å². The lowest BCUT2D eigenvalue weighted by molar-refractivity contribution is -0.115. The van der Waals surface area contributed by atoms with E-state index in [2.05, 4.69) is 25.6 Å². The van der Waals surface area contributed by atoms with E-state index in [1.807, 2.05) is 6.92 Å². The van der Waals surface area contributed by atoms with E-state index in [1.165, 1.54) is 12.1 Å². The zero-order valence-electron chi connectivity index (χ0n) is 15.0. The second-order valence-corrected chi connectivity index (χ2v) is 8.37. The van der Waals surface area contributed by atoms with Crippen LogP contribution in [0.1, 0.15) is 43.5 Å². The molecule has 0 aliphatic rings. The van der Waals surface area contributed by atoms with E-state index >= 15 is 0 Å². The molecule has 1 aromatic heterocycles. The van der Waals surface area contributed by atoms with Crippen LogP contribution < -0.4 is 15.4 Å². The van der Waals surface area contributed by atoms with Crippen molar-refractivity contribution in [2.24, 2.45) is 0 Å². The van der Waals surface area contributed by atoms with Crippen molar-refractivity contribution in [3.63, 3.8) is 0 Å². The molecule has 0 aliphatic carbocycles. The molecular weight excluding hydrogens is 390 g/mol. The molecule has 1 aromatic carbocycles.